The third kappa shape index (κ3) is 1.87. The van der Waals surface area contributed by atoms with Gasteiger partial charge in [0.05, 0.1) is 0 Å². The zero-order chi connectivity index (χ0) is 11.1. The molecule has 15 heavy (non-hydrogen) atoms. The van der Waals surface area contributed by atoms with E-state index >= 15 is 0 Å². The quantitative estimate of drug-likeness (QED) is 0.823. The summed E-state index contributed by atoms with van der Waals surface area (Å²) >= 11 is 0. The third-order valence-corrected chi connectivity index (χ3v) is 2.29. The lowest BCUT2D eigenvalue weighted by molar-refractivity contribution is -0.286. The normalized spacial score (nSPS) is 18.9. The van der Waals surface area contributed by atoms with Gasteiger partial charge in [0.15, 0.2) is 11.5 Å². The van der Waals surface area contributed by atoms with Crippen LogP contribution in [0.5, 0.6) is 11.5 Å². The molecule has 2 rings (SSSR count). The lowest BCUT2D eigenvalue weighted by atomic mass is 10.1. The van der Waals surface area contributed by atoms with Gasteiger partial charge in [-0.15, -0.1) is 8.78 Å². The molecule has 0 spiro atoms. The number of alkyl halides is 2. The van der Waals surface area contributed by atoms with Crippen LogP contribution in [-0.4, -0.2) is 6.29 Å². The van der Waals surface area contributed by atoms with Crippen molar-refractivity contribution < 1.29 is 18.3 Å². The second kappa shape index (κ2) is 3.34. The van der Waals surface area contributed by atoms with Crippen LogP contribution in [0.2, 0.25) is 0 Å². The molecule has 0 saturated heterocycles. The first kappa shape index (κ1) is 10.2. The van der Waals surface area contributed by atoms with Gasteiger partial charge in [0.1, 0.15) is 0 Å². The SMILES string of the molecule is CC[C@@H](N)c1ccc2c(c1)OC(F)(F)O2. The van der Waals surface area contributed by atoms with E-state index in [1.54, 1.807) is 6.07 Å². The van der Waals surface area contributed by atoms with E-state index in [9.17, 15) is 8.78 Å². The number of nitrogens with two attached hydrogens (primary N) is 1. The van der Waals surface area contributed by atoms with Gasteiger partial charge in [-0.3, -0.25) is 0 Å². The van der Waals surface area contributed by atoms with Gasteiger partial charge in [0.2, 0.25) is 0 Å². The summed E-state index contributed by atoms with van der Waals surface area (Å²) in [6, 6.07) is 4.43. The van der Waals surface area contributed by atoms with Crippen molar-refractivity contribution in [2.75, 3.05) is 0 Å². The molecular formula is C10H11F2NO2. The van der Waals surface area contributed by atoms with Crippen molar-refractivity contribution in [3.63, 3.8) is 0 Å². The van der Waals surface area contributed by atoms with Crippen molar-refractivity contribution in [1.29, 1.82) is 0 Å². The maximum absolute atomic E-state index is 12.7. The Morgan fingerprint density at radius 1 is 1.33 bits per heavy atom. The van der Waals surface area contributed by atoms with Crippen LogP contribution in [0.4, 0.5) is 8.78 Å². The molecule has 82 valence electrons. The lowest BCUT2D eigenvalue weighted by Crippen LogP contribution is -2.25. The molecule has 0 fully saturated rings. The number of benzene rings is 1. The Morgan fingerprint density at radius 2 is 2.00 bits per heavy atom. The summed E-state index contributed by atoms with van der Waals surface area (Å²) in [6.07, 6.45) is -2.83. The van der Waals surface area contributed by atoms with Gasteiger partial charge in [-0.05, 0) is 24.1 Å². The molecular weight excluding hydrogens is 204 g/mol. The first-order valence-electron chi connectivity index (χ1n) is 4.67. The monoisotopic (exact) mass is 215 g/mol. The van der Waals surface area contributed by atoms with Crippen LogP contribution < -0.4 is 15.2 Å². The Balaban J connectivity index is 2.30. The topological polar surface area (TPSA) is 44.5 Å². The maximum atomic E-state index is 12.7. The number of hydrogen-bond donors (Lipinski definition) is 1. The molecule has 0 amide bonds. The number of ether oxygens (including phenoxy) is 2. The summed E-state index contributed by atoms with van der Waals surface area (Å²) in [4.78, 5) is 0. The molecule has 1 aromatic carbocycles. The van der Waals surface area contributed by atoms with Crippen LogP contribution in [0.15, 0.2) is 18.2 Å². The molecule has 0 radical (unpaired) electrons. The maximum Gasteiger partial charge on any atom is 0.586 e. The molecule has 1 heterocycles. The summed E-state index contributed by atoms with van der Waals surface area (Å²) < 4.78 is 33.9. The number of hydrogen-bond acceptors (Lipinski definition) is 3. The van der Waals surface area contributed by atoms with Crippen LogP contribution in [0.1, 0.15) is 24.9 Å². The number of rotatable bonds is 2. The average Bonchev–Trinajstić information content (AvgIpc) is 2.49. The van der Waals surface area contributed by atoms with Gasteiger partial charge in [0, 0.05) is 6.04 Å². The van der Waals surface area contributed by atoms with E-state index in [1.165, 1.54) is 12.1 Å². The van der Waals surface area contributed by atoms with E-state index in [-0.39, 0.29) is 17.5 Å². The summed E-state index contributed by atoms with van der Waals surface area (Å²) in [5.74, 6) is 0.0912. The number of fused-ring (bicyclic) bond motifs is 1. The van der Waals surface area contributed by atoms with E-state index in [2.05, 4.69) is 9.47 Å². The molecule has 0 saturated carbocycles. The van der Waals surface area contributed by atoms with Crippen LogP contribution in [0, 0.1) is 0 Å². The summed E-state index contributed by atoms with van der Waals surface area (Å²) in [6.45, 7) is 1.92. The highest BCUT2D eigenvalue weighted by molar-refractivity contribution is 5.45. The van der Waals surface area contributed by atoms with E-state index in [0.717, 1.165) is 12.0 Å². The van der Waals surface area contributed by atoms with Gasteiger partial charge < -0.3 is 15.2 Å². The Bertz CT molecular complexity index is 382. The second-order valence-electron chi connectivity index (χ2n) is 3.39. The molecule has 1 aliphatic heterocycles. The third-order valence-electron chi connectivity index (χ3n) is 2.29. The van der Waals surface area contributed by atoms with Crippen molar-refractivity contribution in [2.24, 2.45) is 5.73 Å². The predicted molar refractivity (Wildman–Crippen MR) is 49.9 cm³/mol. The van der Waals surface area contributed by atoms with Crippen molar-refractivity contribution in [2.45, 2.75) is 25.7 Å². The standard InChI is InChI=1S/C10H11F2NO2/c1-2-7(13)6-3-4-8-9(5-6)15-10(11,12)14-8/h3-5,7H,2,13H2,1H3/t7-/m1/s1. The van der Waals surface area contributed by atoms with Crippen LogP contribution in [0.25, 0.3) is 0 Å². The van der Waals surface area contributed by atoms with Crippen LogP contribution in [-0.2, 0) is 0 Å². The minimum Gasteiger partial charge on any atom is -0.395 e. The smallest absolute Gasteiger partial charge is 0.395 e. The van der Waals surface area contributed by atoms with Crippen LogP contribution in [0.3, 0.4) is 0 Å². The zero-order valence-corrected chi connectivity index (χ0v) is 8.17. The Morgan fingerprint density at radius 3 is 2.67 bits per heavy atom. The summed E-state index contributed by atoms with van der Waals surface area (Å²) in [5, 5.41) is 0. The molecule has 2 N–H and O–H groups in total. The minimum absolute atomic E-state index is 0.0430. The van der Waals surface area contributed by atoms with Crippen molar-refractivity contribution in [3.8, 4) is 11.5 Å². The van der Waals surface area contributed by atoms with Gasteiger partial charge in [-0.2, -0.15) is 0 Å². The van der Waals surface area contributed by atoms with Gasteiger partial charge in [-0.25, -0.2) is 0 Å². The molecule has 1 aromatic rings. The Hall–Kier alpha value is -1.36. The summed E-state index contributed by atoms with van der Waals surface area (Å²) in [5.41, 5.74) is 6.53. The van der Waals surface area contributed by atoms with E-state index < -0.39 is 6.29 Å². The fourth-order valence-electron chi connectivity index (χ4n) is 1.43. The molecule has 0 aliphatic carbocycles. The fourth-order valence-corrected chi connectivity index (χ4v) is 1.43. The van der Waals surface area contributed by atoms with E-state index in [1.807, 2.05) is 6.92 Å². The molecule has 0 aromatic heterocycles. The van der Waals surface area contributed by atoms with Crippen LogP contribution >= 0.6 is 0 Å². The molecule has 5 heteroatoms. The predicted octanol–water partition coefficient (Wildman–Crippen LogP) is 2.42. The van der Waals surface area contributed by atoms with Gasteiger partial charge in [-0.1, -0.05) is 13.0 Å². The highest BCUT2D eigenvalue weighted by Gasteiger charge is 2.43. The average molecular weight is 215 g/mol. The number of halogens is 2. The fraction of sp³-hybridized carbons (Fsp3) is 0.400. The molecule has 1 atom stereocenters. The minimum atomic E-state index is -3.56. The second-order valence-corrected chi connectivity index (χ2v) is 3.39. The Labute approximate surface area is 85.8 Å². The van der Waals surface area contributed by atoms with Crippen molar-refractivity contribution in [3.05, 3.63) is 23.8 Å². The summed E-state index contributed by atoms with van der Waals surface area (Å²) in [7, 11) is 0. The highest BCUT2D eigenvalue weighted by Crippen LogP contribution is 2.41. The molecule has 3 nitrogen and oxygen atoms in total. The first-order chi connectivity index (χ1) is 7.02. The lowest BCUT2D eigenvalue weighted by Gasteiger charge is -2.08. The van der Waals surface area contributed by atoms with Gasteiger partial charge >= 0.3 is 6.29 Å². The van der Waals surface area contributed by atoms with E-state index in [4.69, 9.17) is 5.73 Å². The molecule has 1 aliphatic rings. The molecule has 0 unspecified atom stereocenters. The van der Waals surface area contributed by atoms with Crippen molar-refractivity contribution >= 4 is 0 Å². The molecule has 0 bridgehead atoms. The van der Waals surface area contributed by atoms with Gasteiger partial charge in [0.25, 0.3) is 0 Å². The Kier molecular flexibility index (Phi) is 2.26. The van der Waals surface area contributed by atoms with Crippen molar-refractivity contribution in [1.82, 2.24) is 0 Å². The first-order valence-corrected chi connectivity index (χ1v) is 4.67. The van der Waals surface area contributed by atoms with E-state index in [0.29, 0.717) is 0 Å². The highest BCUT2D eigenvalue weighted by atomic mass is 19.3. The zero-order valence-electron chi connectivity index (χ0n) is 8.17. The largest absolute Gasteiger partial charge is 0.586 e.